The number of halogens is 1. The number of fused-ring (bicyclic) bond motifs is 1. The highest BCUT2D eigenvalue weighted by atomic mass is 79.9. The minimum atomic E-state index is -1.07. The average molecular weight is 596 g/mol. The van der Waals surface area contributed by atoms with Crippen LogP contribution in [-0.2, 0) is 23.9 Å². The molecule has 3 aliphatic heterocycles. The largest absolute Gasteiger partial charge is 0.465 e. The Morgan fingerprint density at radius 3 is 2.61 bits per heavy atom. The summed E-state index contributed by atoms with van der Waals surface area (Å²) >= 11 is 3.72. The summed E-state index contributed by atoms with van der Waals surface area (Å²) in [5.74, 6) is -2.20. The number of aliphatic hydroxyl groups is 1. The molecule has 212 valence electrons. The summed E-state index contributed by atoms with van der Waals surface area (Å²) in [5, 5.41) is 9.24. The molecule has 2 bridgehead atoms. The zero-order valence-corrected chi connectivity index (χ0v) is 24.0. The lowest BCUT2D eigenvalue weighted by Gasteiger charge is -2.41. The van der Waals surface area contributed by atoms with E-state index >= 15 is 0 Å². The molecular formula is C29H43BrN2O6. The van der Waals surface area contributed by atoms with Crippen molar-refractivity contribution in [1.82, 2.24) is 9.80 Å². The third kappa shape index (κ3) is 5.48. The summed E-state index contributed by atoms with van der Waals surface area (Å²) in [7, 11) is 0. The van der Waals surface area contributed by atoms with E-state index in [1.165, 1.54) is 6.42 Å². The Bertz CT molecular complexity index is 892. The van der Waals surface area contributed by atoms with Gasteiger partial charge in [-0.25, -0.2) is 0 Å². The maximum Gasteiger partial charge on any atom is 0.312 e. The molecule has 2 amide bonds. The first-order valence-corrected chi connectivity index (χ1v) is 15.2. The van der Waals surface area contributed by atoms with Crippen LogP contribution in [0.15, 0.2) is 25.3 Å². The number of amides is 2. The maximum absolute atomic E-state index is 14.5. The molecule has 6 atom stereocenters. The monoisotopic (exact) mass is 594 g/mol. The number of likely N-dealkylation sites (tertiary alicyclic amines) is 1. The van der Waals surface area contributed by atoms with Gasteiger partial charge in [-0.05, 0) is 51.4 Å². The predicted octanol–water partition coefficient (Wildman–Crippen LogP) is 3.75. The number of carbonyl (C=O) groups is 3. The van der Waals surface area contributed by atoms with Crippen molar-refractivity contribution in [2.24, 2.45) is 11.8 Å². The standard InChI is InChI=1S/C29H43BrN2O6/c1-3-5-12-18-37-28(36)22-23-26(34)32(16-10-7-11-17-33)25(29(23)19-21(30)24(22)38-29)27(35)31(15-4-2)20-13-8-6-9-14-20/h3-4,20-25,33H,1-2,5-19H2/t21?,22-,23+,24-,25?,29?/m1/s1. The molecule has 0 radical (unpaired) electrons. The van der Waals surface area contributed by atoms with Crippen molar-refractivity contribution in [3.8, 4) is 0 Å². The third-order valence-electron chi connectivity index (χ3n) is 8.77. The van der Waals surface area contributed by atoms with Crippen molar-refractivity contribution in [3.05, 3.63) is 25.3 Å². The SMILES string of the molecule is C=CCCCOC(=O)[C@H]1[C@@H]2OC3(CC2Br)C(C(=O)N(CC=C)C2CCCCC2)N(CCCCCO)C(=O)[C@H]13. The van der Waals surface area contributed by atoms with Crippen LogP contribution in [0, 0.1) is 11.8 Å². The summed E-state index contributed by atoms with van der Waals surface area (Å²) in [4.78, 5) is 45.3. The van der Waals surface area contributed by atoms with Gasteiger partial charge in [0.25, 0.3) is 0 Å². The van der Waals surface area contributed by atoms with Crippen LogP contribution in [-0.4, -0.2) is 87.6 Å². The summed E-state index contributed by atoms with van der Waals surface area (Å²) in [6.07, 6.45) is 12.2. The topological polar surface area (TPSA) is 96.4 Å². The van der Waals surface area contributed by atoms with E-state index < -0.39 is 35.6 Å². The van der Waals surface area contributed by atoms with Gasteiger partial charge in [0.2, 0.25) is 11.8 Å². The lowest BCUT2D eigenvalue weighted by Crippen LogP contribution is -2.58. The number of aliphatic hydroxyl groups excluding tert-OH is 1. The van der Waals surface area contributed by atoms with Crippen molar-refractivity contribution < 1.29 is 29.0 Å². The molecule has 0 aromatic heterocycles. The Labute approximate surface area is 234 Å². The smallest absolute Gasteiger partial charge is 0.312 e. The van der Waals surface area contributed by atoms with Gasteiger partial charge >= 0.3 is 5.97 Å². The fourth-order valence-corrected chi connectivity index (χ4v) is 8.04. The van der Waals surface area contributed by atoms with Crippen LogP contribution in [0.3, 0.4) is 0 Å². The molecule has 4 rings (SSSR count). The molecule has 3 saturated heterocycles. The molecule has 3 unspecified atom stereocenters. The number of allylic oxidation sites excluding steroid dienone is 1. The van der Waals surface area contributed by atoms with E-state index in [4.69, 9.17) is 9.47 Å². The average Bonchev–Trinajstić information content (AvgIpc) is 3.51. The zero-order chi connectivity index (χ0) is 27.3. The number of carbonyl (C=O) groups excluding carboxylic acids is 3. The molecule has 9 heteroatoms. The third-order valence-corrected chi connectivity index (χ3v) is 9.62. The normalized spacial score (nSPS) is 32.3. The second kappa shape index (κ2) is 13.1. The van der Waals surface area contributed by atoms with Gasteiger partial charge in [-0.1, -0.05) is 47.3 Å². The summed E-state index contributed by atoms with van der Waals surface area (Å²) in [6, 6.07) is -0.681. The van der Waals surface area contributed by atoms with E-state index in [-0.39, 0.29) is 35.9 Å². The molecule has 1 N–H and O–H groups in total. The second-order valence-electron chi connectivity index (χ2n) is 11.1. The minimum Gasteiger partial charge on any atom is -0.465 e. The van der Waals surface area contributed by atoms with Gasteiger partial charge in [-0.15, -0.1) is 13.2 Å². The number of nitrogens with zero attached hydrogens (tertiary/aromatic N) is 2. The van der Waals surface area contributed by atoms with Crippen LogP contribution in [0.1, 0.15) is 70.6 Å². The van der Waals surface area contributed by atoms with Gasteiger partial charge in [-0.3, -0.25) is 14.4 Å². The Morgan fingerprint density at radius 2 is 1.92 bits per heavy atom. The number of rotatable bonds is 14. The number of ether oxygens (including phenoxy) is 2. The molecular weight excluding hydrogens is 552 g/mol. The van der Waals surface area contributed by atoms with Crippen molar-refractivity contribution in [3.63, 3.8) is 0 Å². The van der Waals surface area contributed by atoms with E-state index in [2.05, 4.69) is 29.1 Å². The minimum absolute atomic E-state index is 0.0908. The fourth-order valence-electron chi connectivity index (χ4n) is 7.09. The molecule has 38 heavy (non-hydrogen) atoms. The Hall–Kier alpha value is -1.71. The Morgan fingerprint density at radius 1 is 1.16 bits per heavy atom. The second-order valence-corrected chi connectivity index (χ2v) is 12.3. The lowest BCUT2D eigenvalue weighted by molar-refractivity contribution is -0.155. The Kier molecular flexibility index (Phi) is 10.1. The van der Waals surface area contributed by atoms with Crippen LogP contribution in [0.2, 0.25) is 0 Å². The van der Waals surface area contributed by atoms with Gasteiger partial charge in [0.15, 0.2) is 0 Å². The van der Waals surface area contributed by atoms with Crippen molar-refractivity contribution in [2.45, 2.75) is 99.2 Å². The lowest BCUT2D eigenvalue weighted by atomic mass is 9.70. The quantitative estimate of drug-likeness (QED) is 0.142. The van der Waals surface area contributed by atoms with Crippen molar-refractivity contribution in [2.75, 3.05) is 26.3 Å². The van der Waals surface area contributed by atoms with E-state index in [0.29, 0.717) is 38.8 Å². The molecule has 4 aliphatic rings. The zero-order valence-electron chi connectivity index (χ0n) is 22.4. The van der Waals surface area contributed by atoms with Gasteiger partial charge < -0.3 is 24.4 Å². The number of hydrogen-bond donors (Lipinski definition) is 1. The van der Waals surface area contributed by atoms with E-state index in [1.807, 2.05) is 4.90 Å². The molecule has 4 fully saturated rings. The highest BCUT2D eigenvalue weighted by Crippen LogP contribution is 2.60. The van der Waals surface area contributed by atoms with Crippen LogP contribution in [0.4, 0.5) is 0 Å². The highest BCUT2D eigenvalue weighted by Gasteiger charge is 2.77. The number of alkyl halides is 1. The first-order valence-electron chi connectivity index (χ1n) is 14.3. The molecule has 1 aliphatic carbocycles. The molecule has 1 spiro atoms. The summed E-state index contributed by atoms with van der Waals surface area (Å²) in [6.45, 7) is 8.77. The van der Waals surface area contributed by atoms with Gasteiger partial charge in [0, 0.05) is 30.6 Å². The summed E-state index contributed by atoms with van der Waals surface area (Å²) < 4.78 is 12.2. The van der Waals surface area contributed by atoms with Crippen LogP contribution in [0.25, 0.3) is 0 Å². The number of unbranched alkanes of at least 4 members (excludes halogenated alkanes) is 3. The molecule has 0 aromatic carbocycles. The van der Waals surface area contributed by atoms with Gasteiger partial charge in [0.1, 0.15) is 11.6 Å². The van der Waals surface area contributed by atoms with Crippen LogP contribution < -0.4 is 0 Å². The molecule has 3 heterocycles. The van der Waals surface area contributed by atoms with Crippen molar-refractivity contribution >= 4 is 33.7 Å². The van der Waals surface area contributed by atoms with Gasteiger partial charge in [-0.2, -0.15) is 0 Å². The maximum atomic E-state index is 14.5. The first kappa shape index (κ1) is 29.3. The molecule has 1 saturated carbocycles. The highest BCUT2D eigenvalue weighted by molar-refractivity contribution is 9.09. The van der Waals surface area contributed by atoms with E-state index in [1.54, 1.807) is 17.1 Å². The summed E-state index contributed by atoms with van der Waals surface area (Å²) in [5.41, 5.74) is -1.07. The van der Waals surface area contributed by atoms with Crippen LogP contribution in [0.5, 0.6) is 0 Å². The van der Waals surface area contributed by atoms with Crippen molar-refractivity contribution in [1.29, 1.82) is 0 Å². The number of hydrogen-bond acceptors (Lipinski definition) is 6. The van der Waals surface area contributed by atoms with E-state index in [9.17, 15) is 19.5 Å². The molecule has 0 aromatic rings. The fraction of sp³-hybridized carbons (Fsp3) is 0.759. The predicted molar refractivity (Wildman–Crippen MR) is 148 cm³/mol. The van der Waals surface area contributed by atoms with E-state index in [0.717, 1.165) is 38.5 Å². The van der Waals surface area contributed by atoms with Crippen LogP contribution >= 0.6 is 15.9 Å². The molecule has 8 nitrogen and oxygen atoms in total. The first-order chi connectivity index (χ1) is 18.4. The van der Waals surface area contributed by atoms with Gasteiger partial charge in [0.05, 0.1) is 24.5 Å². The number of esters is 1. The Balaban J connectivity index is 1.65.